The normalized spacial score (nSPS) is 19.9. The van der Waals surface area contributed by atoms with Crippen LogP contribution in [0.25, 0.3) is 0 Å². The van der Waals surface area contributed by atoms with Gasteiger partial charge in [-0.3, -0.25) is 9.59 Å². The molecular formula is C20H24F2N2O4. The second kappa shape index (κ2) is 8.24. The van der Waals surface area contributed by atoms with Crippen LogP contribution in [0.5, 0.6) is 0 Å². The number of carboxylic acids is 1. The van der Waals surface area contributed by atoms with Crippen molar-refractivity contribution in [3.63, 3.8) is 0 Å². The van der Waals surface area contributed by atoms with E-state index in [0.29, 0.717) is 31.7 Å². The van der Waals surface area contributed by atoms with Gasteiger partial charge in [0.15, 0.2) is 0 Å². The van der Waals surface area contributed by atoms with E-state index in [1.807, 2.05) is 0 Å². The average molecular weight is 394 g/mol. The minimum Gasteiger partial charge on any atom is -0.480 e. The number of carboxylic acid groups (broad SMARTS) is 1. The molecule has 0 atom stereocenters. The van der Waals surface area contributed by atoms with Gasteiger partial charge in [0.25, 0.3) is 5.91 Å². The highest BCUT2D eigenvalue weighted by Crippen LogP contribution is 2.30. The van der Waals surface area contributed by atoms with Crippen molar-refractivity contribution in [3.8, 4) is 0 Å². The molecule has 1 aromatic carbocycles. The minimum absolute atomic E-state index is 0.198. The van der Waals surface area contributed by atoms with Gasteiger partial charge in [-0.05, 0) is 37.8 Å². The highest BCUT2D eigenvalue weighted by atomic mass is 19.1. The second-order valence-electron chi connectivity index (χ2n) is 7.63. The third kappa shape index (κ3) is 4.15. The molecule has 8 heteroatoms. The van der Waals surface area contributed by atoms with Crippen LogP contribution in [0.3, 0.4) is 0 Å². The summed E-state index contributed by atoms with van der Waals surface area (Å²) in [5, 5.41) is 12.3. The number of hydrogen-bond acceptors (Lipinski definition) is 3. The molecule has 1 aliphatic carbocycles. The molecule has 2 fully saturated rings. The van der Waals surface area contributed by atoms with Gasteiger partial charge in [-0.15, -0.1) is 0 Å². The predicted octanol–water partition coefficient (Wildman–Crippen LogP) is 2.72. The molecule has 1 aromatic rings. The summed E-state index contributed by atoms with van der Waals surface area (Å²) in [6.07, 6.45) is 4.09. The zero-order valence-electron chi connectivity index (χ0n) is 15.5. The van der Waals surface area contributed by atoms with Gasteiger partial charge in [-0.2, -0.15) is 0 Å². The van der Waals surface area contributed by atoms with Crippen LogP contribution in [0, 0.1) is 17.6 Å². The molecule has 0 unspecified atom stereocenters. The maximum absolute atomic E-state index is 13.8. The van der Waals surface area contributed by atoms with Crippen molar-refractivity contribution in [2.75, 3.05) is 13.1 Å². The largest absolute Gasteiger partial charge is 0.480 e. The lowest BCUT2D eigenvalue weighted by atomic mass is 9.81. The van der Waals surface area contributed by atoms with Crippen molar-refractivity contribution in [2.45, 2.75) is 50.5 Å². The van der Waals surface area contributed by atoms with Gasteiger partial charge in [-0.25, -0.2) is 13.6 Å². The SMILES string of the molecule is O=C(NC1(C(=O)O)CCCCC1)C1CCN(C(=O)c2ccc(F)cc2F)CC1. The van der Waals surface area contributed by atoms with Crippen molar-refractivity contribution >= 4 is 17.8 Å². The Morgan fingerprint density at radius 1 is 1.07 bits per heavy atom. The molecule has 2 aliphatic rings. The molecule has 1 saturated carbocycles. The van der Waals surface area contributed by atoms with Crippen LogP contribution >= 0.6 is 0 Å². The van der Waals surface area contributed by atoms with Crippen LogP contribution < -0.4 is 5.32 Å². The molecule has 2 N–H and O–H groups in total. The van der Waals surface area contributed by atoms with Crippen molar-refractivity contribution in [3.05, 3.63) is 35.4 Å². The first-order chi connectivity index (χ1) is 13.3. The lowest BCUT2D eigenvalue weighted by molar-refractivity contribution is -0.150. The van der Waals surface area contributed by atoms with Crippen molar-refractivity contribution in [2.24, 2.45) is 5.92 Å². The molecule has 0 radical (unpaired) electrons. The number of likely N-dealkylation sites (tertiary alicyclic amines) is 1. The lowest BCUT2D eigenvalue weighted by Crippen LogP contribution is -2.57. The molecule has 0 aromatic heterocycles. The number of carbonyl (C=O) groups is 3. The summed E-state index contributed by atoms with van der Waals surface area (Å²) in [4.78, 5) is 38.2. The number of piperidine rings is 1. The summed E-state index contributed by atoms with van der Waals surface area (Å²) in [6.45, 7) is 0.515. The van der Waals surface area contributed by atoms with Gasteiger partial charge in [0.05, 0.1) is 5.56 Å². The van der Waals surface area contributed by atoms with E-state index < -0.39 is 29.0 Å². The van der Waals surface area contributed by atoms with E-state index >= 15 is 0 Å². The standard InChI is InChI=1S/C20H24F2N2O4/c21-14-4-5-15(16(22)12-14)18(26)24-10-6-13(7-11-24)17(25)23-20(19(27)28)8-2-1-3-9-20/h4-5,12-13H,1-3,6-11H2,(H,23,25)(H,27,28). The summed E-state index contributed by atoms with van der Waals surface area (Å²) < 4.78 is 26.9. The molecular weight excluding hydrogens is 370 g/mol. The highest BCUT2D eigenvalue weighted by molar-refractivity contribution is 5.95. The third-order valence-corrected chi connectivity index (χ3v) is 5.79. The zero-order valence-corrected chi connectivity index (χ0v) is 15.5. The van der Waals surface area contributed by atoms with E-state index in [0.717, 1.165) is 31.4 Å². The summed E-state index contributed by atoms with van der Waals surface area (Å²) in [6, 6.07) is 2.82. The smallest absolute Gasteiger partial charge is 0.329 e. The number of halogens is 2. The molecule has 1 aliphatic heterocycles. The van der Waals surface area contributed by atoms with E-state index in [1.165, 1.54) is 4.90 Å². The topological polar surface area (TPSA) is 86.7 Å². The molecule has 1 saturated heterocycles. The number of aliphatic carboxylic acids is 1. The molecule has 3 rings (SSSR count). The summed E-state index contributed by atoms with van der Waals surface area (Å²) in [7, 11) is 0. The van der Waals surface area contributed by atoms with E-state index in [4.69, 9.17) is 0 Å². The molecule has 2 amide bonds. The van der Waals surface area contributed by atoms with E-state index in [1.54, 1.807) is 0 Å². The van der Waals surface area contributed by atoms with Gasteiger partial charge in [-0.1, -0.05) is 19.3 Å². The van der Waals surface area contributed by atoms with Gasteiger partial charge in [0.1, 0.15) is 17.2 Å². The molecule has 28 heavy (non-hydrogen) atoms. The number of carbonyl (C=O) groups excluding carboxylic acids is 2. The van der Waals surface area contributed by atoms with Crippen LogP contribution in [-0.4, -0.2) is 46.4 Å². The molecule has 1 heterocycles. The maximum atomic E-state index is 13.8. The Labute approximate surface area is 161 Å². The Morgan fingerprint density at radius 3 is 2.29 bits per heavy atom. The number of benzene rings is 1. The number of amides is 2. The Kier molecular flexibility index (Phi) is 5.96. The van der Waals surface area contributed by atoms with Gasteiger partial charge in [0.2, 0.25) is 5.91 Å². The summed E-state index contributed by atoms with van der Waals surface area (Å²) in [5.41, 5.74) is -1.39. The Bertz CT molecular complexity index is 769. The zero-order chi connectivity index (χ0) is 20.3. The first-order valence-corrected chi connectivity index (χ1v) is 9.62. The fourth-order valence-corrected chi connectivity index (χ4v) is 4.06. The first kappa shape index (κ1) is 20.2. The quantitative estimate of drug-likeness (QED) is 0.822. The predicted molar refractivity (Wildman–Crippen MR) is 96.6 cm³/mol. The minimum atomic E-state index is -1.19. The number of rotatable bonds is 4. The van der Waals surface area contributed by atoms with Gasteiger partial charge < -0.3 is 15.3 Å². The molecule has 152 valence electrons. The van der Waals surface area contributed by atoms with Gasteiger partial charge in [0, 0.05) is 25.1 Å². The van der Waals surface area contributed by atoms with E-state index in [2.05, 4.69) is 5.32 Å². The fraction of sp³-hybridized carbons (Fsp3) is 0.550. The first-order valence-electron chi connectivity index (χ1n) is 9.62. The number of nitrogens with one attached hydrogen (secondary N) is 1. The molecule has 0 spiro atoms. The van der Waals surface area contributed by atoms with Crippen molar-refractivity contribution < 1.29 is 28.3 Å². The Hall–Kier alpha value is -2.51. The van der Waals surface area contributed by atoms with Gasteiger partial charge >= 0.3 is 5.97 Å². The summed E-state index contributed by atoms with van der Waals surface area (Å²) >= 11 is 0. The van der Waals surface area contributed by atoms with Crippen molar-refractivity contribution in [1.82, 2.24) is 10.2 Å². The van der Waals surface area contributed by atoms with Crippen LogP contribution in [0.4, 0.5) is 8.78 Å². The monoisotopic (exact) mass is 394 g/mol. The van der Waals surface area contributed by atoms with Crippen LogP contribution in [0.15, 0.2) is 18.2 Å². The fourth-order valence-electron chi connectivity index (χ4n) is 4.06. The van der Waals surface area contributed by atoms with Crippen LogP contribution in [0.2, 0.25) is 0 Å². The lowest BCUT2D eigenvalue weighted by Gasteiger charge is -2.37. The second-order valence-corrected chi connectivity index (χ2v) is 7.63. The average Bonchev–Trinajstić information content (AvgIpc) is 2.68. The Balaban J connectivity index is 1.59. The highest BCUT2D eigenvalue weighted by Gasteiger charge is 2.42. The maximum Gasteiger partial charge on any atom is 0.329 e. The Morgan fingerprint density at radius 2 is 1.71 bits per heavy atom. The van der Waals surface area contributed by atoms with E-state index in [-0.39, 0.29) is 30.5 Å². The summed E-state index contributed by atoms with van der Waals surface area (Å²) in [5.74, 6) is -3.89. The third-order valence-electron chi connectivity index (χ3n) is 5.79. The van der Waals surface area contributed by atoms with Crippen LogP contribution in [-0.2, 0) is 9.59 Å². The molecule has 0 bridgehead atoms. The number of nitrogens with zero attached hydrogens (tertiary/aromatic N) is 1. The van der Waals surface area contributed by atoms with Crippen LogP contribution in [0.1, 0.15) is 55.3 Å². The van der Waals surface area contributed by atoms with E-state index in [9.17, 15) is 28.3 Å². The molecule has 6 nitrogen and oxygen atoms in total. The van der Waals surface area contributed by atoms with Crippen molar-refractivity contribution in [1.29, 1.82) is 0 Å². The number of hydrogen-bond donors (Lipinski definition) is 2.